The maximum atomic E-state index is 14.2. The fourth-order valence-corrected chi connectivity index (χ4v) is 5.60. The number of amides is 2. The lowest BCUT2D eigenvalue weighted by atomic mass is 9.92. The van der Waals surface area contributed by atoms with Gasteiger partial charge in [-0.05, 0) is 50.2 Å². The summed E-state index contributed by atoms with van der Waals surface area (Å²) < 4.78 is 12.7. The van der Waals surface area contributed by atoms with E-state index in [1.165, 1.54) is 0 Å². The van der Waals surface area contributed by atoms with Gasteiger partial charge in [0.25, 0.3) is 5.91 Å². The van der Waals surface area contributed by atoms with Crippen molar-refractivity contribution in [3.05, 3.63) is 24.0 Å². The van der Waals surface area contributed by atoms with E-state index < -0.39 is 0 Å². The van der Waals surface area contributed by atoms with E-state index in [0.29, 0.717) is 50.9 Å². The molecule has 0 radical (unpaired) electrons. The molecule has 1 aromatic heterocycles. The van der Waals surface area contributed by atoms with E-state index in [1.54, 1.807) is 14.2 Å². The quantitative estimate of drug-likeness (QED) is 0.465. The molecule has 2 amide bonds. The van der Waals surface area contributed by atoms with Crippen LogP contribution in [0.2, 0.25) is 0 Å². The molecule has 4 rings (SSSR count). The monoisotopic (exact) mass is 513 g/mol. The molecule has 9 heteroatoms. The highest BCUT2D eigenvalue weighted by Crippen LogP contribution is 2.26. The standard InChI is InChI=1S/C28H43N5O4/c1-20(2)19-33(22-15-21(17-29-18-22)27(34)31-11-5-6-12-31)28(35)26-30-24-10-9-23(37-4)16-25(24)32(26)13-7-8-14-36-3/h9-10,16,20-22,29H,5-8,11-15,17-19H2,1-4H3/t21-,22+/m1/s1. The van der Waals surface area contributed by atoms with Crippen LogP contribution in [-0.2, 0) is 16.1 Å². The van der Waals surface area contributed by atoms with Gasteiger partial charge in [0.2, 0.25) is 5.91 Å². The van der Waals surface area contributed by atoms with Gasteiger partial charge in [0.05, 0.1) is 24.1 Å². The molecule has 3 heterocycles. The van der Waals surface area contributed by atoms with Crippen LogP contribution in [0.4, 0.5) is 0 Å². The fourth-order valence-electron chi connectivity index (χ4n) is 5.60. The fraction of sp³-hybridized carbons (Fsp3) is 0.679. The molecule has 1 N–H and O–H groups in total. The molecule has 0 spiro atoms. The average molecular weight is 514 g/mol. The molecule has 37 heavy (non-hydrogen) atoms. The number of unbranched alkanes of at least 4 members (excludes halogenated alkanes) is 1. The predicted octanol–water partition coefficient (Wildman–Crippen LogP) is 3.17. The van der Waals surface area contributed by atoms with Gasteiger partial charge >= 0.3 is 0 Å². The summed E-state index contributed by atoms with van der Waals surface area (Å²) in [5, 5.41) is 3.45. The lowest BCUT2D eigenvalue weighted by Crippen LogP contribution is -2.55. The Morgan fingerprint density at radius 1 is 1.16 bits per heavy atom. The first-order valence-corrected chi connectivity index (χ1v) is 13.8. The number of nitrogens with zero attached hydrogens (tertiary/aromatic N) is 4. The molecule has 0 unspecified atom stereocenters. The summed E-state index contributed by atoms with van der Waals surface area (Å²) >= 11 is 0. The maximum absolute atomic E-state index is 14.2. The first-order valence-electron chi connectivity index (χ1n) is 13.8. The number of ether oxygens (including phenoxy) is 2. The molecule has 0 bridgehead atoms. The molecule has 2 saturated heterocycles. The van der Waals surface area contributed by atoms with Crippen molar-refractivity contribution in [1.29, 1.82) is 0 Å². The van der Waals surface area contributed by atoms with E-state index >= 15 is 0 Å². The molecule has 1 aromatic carbocycles. The van der Waals surface area contributed by atoms with Crippen molar-refractivity contribution in [3.8, 4) is 5.75 Å². The molecule has 2 atom stereocenters. The summed E-state index contributed by atoms with van der Waals surface area (Å²) in [5.74, 6) is 1.54. The predicted molar refractivity (Wildman–Crippen MR) is 144 cm³/mol. The Hall–Kier alpha value is -2.65. The number of hydrogen-bond donors (Lipinski definition) is 1. The zero-order valence-corrected chi connectivity index (χ0v) is 22.9. The largest absolute Gasteiger partial charge is 0.497 e. The van der Waals surface area contributed by atoms with E-state index in [0.717, 1.165) is 55.6 Å². The van der Waals surface area contributed by atoms with Crippen LogP contribution in [0.3, 0.4) is 0 Å². The van der Waals surface area contributed by atoms with E-state index in [-0.39, 0.29) is 23.8 Å². The Bertz CT molecular complexity index is 1060. The van der Waals surface area contributed by atoms with Gasteiger partial charge < -0.3 is 29.2 Å². The average Bonchev–Trinajstić information content (AvgIpc) is 3.57. The van der Waals surface area contributed by atoms with E-state index in [2.05, 4.69) is 19.2 Å². The second-order valence-electron chi connectivity index (χ2n) is 10.8. The van der Waals surface area contributed by atoms with Crippen molar-refractivity contribution < 1.29 is 19.1 Å². The number of rotatable bonds is 11. The Balaban J connectivity index is 1.62. The lowest BCUT2D eigenvalue weighted by molar-refractivity contribution is -0.135. The number of aromatic nitrogens is 2. The SMILES string of the molecule is COCCCCn1c(C(=O)N(CC(C)C)[C@@H]2CNC[C@H](C(=O)N3CCCC3)C2)nc2ccc(OC)cc21. The van der Waals surface area contributed by atoms with Crippen molar-refractivity contribution in [2.75, 3.05) is 53.6 Å². The molecule has 2 aliphatic heterocycles. The van der Waals surface area contributed by atoms with Crippen LogP contribution in [0.25, 0.3) is 11.0 Å². The Morgan fingerprint density at radius 2 is 1.95 bits per heavy atom. The number of hydrogen-bond acceptors (Lipinski definition) is 6. The van der Waals surface area contributed by atoms with Crippen LogP contribution >= 0.6 is 0 Å². The van der Waals surface area contributed by atoms with Gasteiger partial charge in [0.1, 0.15) is 5.75 Å². The maximum Gasteiger partial charge on any atom is 0.290 e. The molecular weight excluding hydrogens is 470 g/mol. The smallest absolute Gasteiger partial charge is 0.290 e. The second-order valence-corrected chi connectivity index (χ2v) is 10.8. The Morgan fingerprint density at radius 3 is 2.65 bits per heavy atom. The summed E-state index contributed by atoms with van der Waals surface area (Å²) in [4.78, 5) is 36.2. The number of likely N-dealkylation sites (tertiary alicyclic amines) is 1. The number of carbonyl (C=O) groups excluding carboxylic acids is 2. The van der Waals surface area contributed by atoms with Crippen molar-refractivity contribution in [2.45, 2.75) is 58.5 Å². The van der Waals surface area contributed by atoms with E-state index in [4.69, 9.17) is 14.5 Å². The molecular formula is C28H43N5O4. The Labute approximate surface area is 220 Å². The number of methoxy groups -OCH3 is 2. The minimum atomic E-state index is -0.101. The summed E-state index contributed by atoms with van der Waals surface area (Å²) in [6.45, 7) is 9.28. The third kappa shape index (κ3) is 6.44. The van der Waals surface area contributed by atoms with Gasteiger partial charge in [-0.1, -0.05) is 13.8 Å². The number of carbonyl (C=O) groups is 2. The summed E-state index contributed by atoms with van der Waals surface area (Å²) in [7, 11) is 3.35. The topological polar surface area (TPSA) is 88.9 Å². The van der Waals surface area contributed by atoms with E-state index in [9.17, 15) is 9.59 Å². The van der Waals surface area contributed by atoms with Crippen LogP contribution in [0.5, 0.6) is 5.75 Å². The van der Waals surface area contributed by atoms with Crippen molar-refractivity contribution >= 4 is 22.8 Å². The summed E-state index contributed by atoms with van der Waals surface area (Å²) in [6.07, 6.45) is 4.62. The van der Waals surface area contributed by atoms with Gasteiger partial charge in [0, 0.05) is 65.1 Å². The van der Waals surface area contributed by atoms with Crippen LogP contribution in [0.15, 0.2) is 18.2 Å². The van der Waals surface area contributed by atoms with Gasteiger partial charge in [-0.25, -0.2) is 4.98 Å². The van der Waals surface area contributed by atoms with E-state index in [1.807, 2.05) is 32.6 Å². The van der Waals surface area contributed by atoms with Gasteiger partial charge in [-0.15, -0.1) is 0 Å². The summed E-state index contributed by atoms with van der Waals surface area (Å²) in [5.41, 5.74) is 1.68. The van der Waals surface area contributed by atoms with Gasteiger partial charge in [-0.3, -0.25) is 9.59 Å². The van der Waals surface area contributed by atoms with Crippen LogP contribution in [0, 0.1) is 11.8 Å². The molecule has 2 aliphatic rings. The zero-order chi connectivity index (χ0) is 26.4. The van der Waals surface area contributed by atoms with Crippen LogP contribution in [-0.4, -0.2) is 90.8 Å². The number of nitrogens with one attached hydrogen (secondary N) is 1. The first-order chi connectivity index (χ1) is 17.9. The van der Waals surface area contributed by atoms with Crippen molar-refractivity contribution in [1.82, 2.24) is 24.7 Å². The van der Waals surface area contributed by atoms with Gasteiger partial charge in [0.15, 0.2) is 5.82 Å². The van der Waals surface area contributed by atoms with Gasteiger partial charge in [-0.2, -0.15) is 0 Å². The minimum absolute atomic E-state index is 0.0588. The number of aryl methyl sites for hydroxylation is 1. The summed E-state index contributed by atoms with van der Waals surface area (Å²) in [6, 6.07) is 5.69. The number of fused-ring (bicyclic) bond motifs is 1. The molecule has 0 aliphatic carbocycles. The lowest BCUT2D eigenvalue weighted by Gasteiger charge is -2.39. The van der Waals surface area contributed by atoms with Crippen molar-refractivity contribution in [2.24, 2.45) is 11.8 Å². The highest BCUT2D eigenvalue weighted by Gasteiger charge is 2.37. The number of imidazole rings is 1. The van der Waals surface area contributed by atoms with Crippen molar-refractivity contribution in [3.63, 3.8) is 0 Å². The highest BCUT2D eigenvalue weighted by molar-refractivity contribution is 5.95. The normalized spacial score (nSPS) is 20.1. The third-order valence-corrected chi connectivity index (χ3v) is 7.48. The highest BCUT2D eigenvalue weighted by atomic mass is 16.5. The number of piperidine rings is 1. The molecule has 2 aromatic rings. The molecule has 0 saturated carbocycles. The zero-order valence-electron chi connectivity index (χ0n) is 22.9. The third-order valence-electron chi connectivity index (χ3n) is 7.48. The van der Waals surface area contributed by atoms with Crippen LogP contribution < -0.4 is 10.1 Å². The first kappa shape index (κ1) is 27.4. The molecule has 2 fully saturated rings. The second kappa shape index (κ2) is 12.7. The van der Waals surface area contributed by atoms with Crippen LogP contribution in [0.1, 0.15) is 56.6 Å². The number of benzene rings is 1. The minimum Gasteiger partial charge on any atom is -0.497 e. The molecule has 9 nitrogen and oxygen atoms in total. The Kier molecular flexibility index (Phi) is 9.43. The molecule has 204 valence electrons.